The number of carbonyl (C=O) groups excluding carboxylic acids is 2. The van der Waals surface area contributed by atoms with E-state index < -0.39 is 5.92 Å². The van der Waals surface area contributed by atoms with E-state index in [4.69, 9.17) is 0 Å². The fourth-order valence-corrected chi connectivity index (χ4v) is 2.63. The monoisotopic (exact) mass is 311 g/mol. The maximum Gasteiger partial charge on any atom is 0.233 e. The molecule has 0 bridgehead atoms. The molecule has 4 nitrogen and oxygen atoms in total. The Kier molecular flexibility index (Phi) is 5.79. The van der Waals surface area contributed by atoms with E-state index in [1.807, 2.05) is 30.6 Å². The van der Waals surface area contributed by atoms with Crippen LogP contribution in [-0.2, 0) is 9.59 Å². The summed E-state index contributed by atoms with van der Waals surface area (Å²) in [4.78, 5) is 22.7. The lowest BCUT2D eigenvalue weighted by Crippen LogP contribution is -2.12. The molecular formula is C19H19O4. The zero-order chi connectivity index (χ0) is 16.8. The molecular weight excluding hydrogens is 292 g/mol. The lowest BCUT2D eigenvalue weighted by molar-refractivity contribution is -0.117. The van der Waals surface area contributed by atoms with Gasteiger partial charge in [-0.15, -0.1) is 0 Å². The van der Waals surface area contributed by atoms with Gasteiger partial charge in [-0.1, -0.05) is 48.5 Å². The largest absolute Gasteiger partial charge is 0.396 e. The van der Waals surface area contributed by atoms with Gasteiger partial charge in [-0.05, 0) is 23.6 Å². The van der Waals surface area contributed by atoms with E-state index >= 15 is 0 Å². The molecule has 0 saturated heterocycles. The van der Waals surface area contributed by atoms with Crippen LogP contribution in [0.15, 0.2) is 48.5 Å². The Morgan fingerprint density at radius 1 is 0.913 bits per heavy atom. The van der Waals surface area contributed by atoms with Crippen LogP contribution in [-0.4, -0.2) is 35.5 Å². The van der Waals surface area contributed by atoms with Crippen molar-refractivity contribution in [1.29, 1.82) is 0 Å². The number of benzene rings is 2. The van der Waals surface area contributed by atoms with E-state index in [1.165, 1.54) is 6.92 Å². The Hall–Kier alpha value is -2.30. The van der Waals surface area contributed by atoms with Crippen LogP contribution in [0, 0.1) is 0 Å². The van der Waals surface area contributed by atoms with Gasteiger partial charge < -0.3 is 10.2 Å². The van der Waals surface area contributed by atoms with Gasteiger partial charge in [0.25, 0.3) is 0 Å². The first-order valence-electron chi connectivity index (χ1n) is 7.40. The maximum atomic E-state index is 12.1. The van der Waals surface area contributed by atoms with Crippen molar-refractivity contribution >= 4 is 12.1 Å². The molecule has 1 radical (unpaired) electrons. The predicted molar refractivity (Wildman–Crippen MR) is 87.1 cm³/mol. The number of ketones is 1. The minimum atomic E-state index is -0.411. The molecule has 1 atom stereocenters. The molecule has 2 N–H and O–H groups in total. The highest BCUT2D eigenvalue weighted by atomic mass is 16.3. The van der Waals surface area contributed by atoms with Gasteiger partial charge in [-0.2, -0.15) is 0 Å². The van der Waals surface area contributed by atoms with E-state index in [0.29, 0.717) is 5.56 Å². The number of Topliss-reactive ketones (excluding diaryl/α,β-unsaturated/α-hetero) is 1. The fourth-order valence-electron chi connectivity index (χ4n) is 2.63. The minimum Gasteiger partial charge on any atom is -0.396 e. The van der Waals surface area contributed by atoms with Gasteiger partial charge in [0.15, 0.2) is 0 Å². The van der Waals surface area contributed by atoms with Gasteiger partial charge in [0, 0.05) is 11.5 Å². The average Bonchev–Trinajstić information content (AvgIpc) is 2.58. The van der Waals surface area contributed by atoms with Crippen LogP contribution < -0.4 is 0 Å². The second-order valence-corrected chi connectivity index (χ2v) is 5.50. The number of carbonyl (C=O) groups is 1. The van der Waals surface area contributed by atoms with Crippen molar-refractivity contribution < 1.29 is 19.8 Å². The first kappa shape index (κ1) is 17.1. The van der Waals surface area contributed by atoms with Crippen molar-refractivity contribution in [3.05, 3.63) is 70.8 Å². The third-order valence-corrected chi connectivity index (χ3v) is 3.95. The average molecular weight is 311 g/mol. The third-order valence-electron chi connectivity index (χ3n) is 3.95. The molecule has 0 amide bonds. The third kappa shape index (κ3) is 3.92. The lowest BCUT2D eigenvalue weighted by Gasteiger charge is -2.17. The molecule has 0 aliphatic rings. The van der Waals surface area contributed by atoms with Crippen molar-refractivity contribution in [3.63, 3.8) is 0 Å². The van der Waals surface area contributed by atoms with Crippen LogP contribution >= 0.6 is 0 Å². The molecule has 0 heterocycles. The van der Waals surface area contributed by atoms with E-state index in [1.54, 1.807) is 24.3 Å². The maximum absolute atomic E-state index is 12.1. The predicted octanol–water partition coefficient (Wildman–Crippen LogP) is 1.93. The smallest absolute Gasteiger partial charge is 0.233 e. The summed E-state index contributed by atoms with van der Waals surface area (Å²) < 4.78 is 0. The molecule has 0 fully saturated rings. The normalized spacial score (nSPS) is 12.2. The first-order chi connectivity index (χ1) is 11.1. The van der Waals surface area contributed by atoms with E-state index in [-0.39, 0.29) is 24.9 Å². The van der Waals surface area contributed by atoms with Crippen molar-refractivity contribution in [1.82, 2.24) is 0 Å². The standard InChI is InChI=1S/C19H19O4/c1-13(23)19(16-4-2-14(10-20)3-5-16)17-8-6-15(7-9-17)18(11-21)12-22/h2-9,18-19,21-22H,11-12H2,1H3. The van der Waals surface area contributed by atoms with E-state index in [2.05, 4.69) is 0 Å². The molecule has 0 spiro atoms. The summed E-state index contributed by atoms with van der Waals surface area (Å²) in [6, 6.07) is 14.1. The lowest BCUT2D eigenvalue weighted by atomic mass is 9.86. The molecule has 119 valence electrons. The molecule has 0 aliphatic heterocycles. The Morgan fingerprint density at radius 2 is 1.35 bits per heavy atom. The van der Waals surface area contributed by atoms with E-state index in [9.17, 15) is 19.8 Å². The molecule has 2 rings (SSSR count). The summed E-state index contributed by atoms with van der Waals surface area (Å²) >= 11 is 0. The molecule has 0 aliphatic carbocycles. The van der Waals surface area contributed by atoms with Crippen LogP contribution in [0.5, 0.6) is 0 Å². The summed E-state index contributed by atoms with van der Waals surface area (Å²) in [5, 5.41) is 18.5. The topological polar surface area (TPSA) is 74.6 Å². The van der Waals surface area contributed by atoms with Crippen LogP contribution in [0.2, 0.25) is 0 Å². The molecule has 4 heteroatoms. The number of aliphatic hydroxyl groups is 2. The molecule has 1 unspecified atom stereocenters. The highest BCUT2D eigenvalue weighted by molar-refractivity contribution is 5.87. The molecule has 0 aromatic heterocycles. The second kappa shape index (κ2) is 7.81. The minimum absolute atomic E-state index is 0.00134. The van der Waals surface area contributed by atoms with Crippen LogP contribution in [0.3, 0.4) is 0 Å². The van der Waals surface area contributed by atoms with Gasteiger partial charge in [0.05, 0.1) is 19.1 Å². The van der Waals surface area contributed by atoms with Gasteiger partial charge in [-0.25, -0.2) is 0 Å². The molecule has 23 heavy (non-hydrogen) atoms. The van der Waals surface area contributed by atoms with Crippen molar-refractivity contribution in [2.45, 2.75) is 18.8 Å². The summed E-state index contributed by atoms with van der Waals surface area (Å²) in [7, 11) is 0. The fraction of sp³-hybridized carbons (Fsp3) is 0.263. The van der Waals surface area contributed by atoms with E-state index in [0.717, 1.165) is 16.7 Å². The second-order valence-electron chi connectivity index (χ2n) is 5.50. The van der Waals surface area contributed by atoms with Crippen LogP contribution in [0.1, 0.15) is 41.0 Å². The summed E-state index contributed by atoms with van der Waals surface area (Å²) in [6.45, 7) is 1.27. The van der Waals surface area contributed by atoms with Crippen LogP contribution in [0.4, 0.5) is 0 Å². The van der Waals surface area contributed by atoms with Crippen LogP contribution in [0.25, 0.3) is 0 Å². The Bertz CT molecular complexity index is 655. The first-order valence-corrected chi connectivity index (χ1v) is 7.40. The van der Waals surface area contributed by atoms with Gasteiger partial charge in [0.1, 0.15) is 5.78 Å². The highest BCUT2D eigenvalue weighted by Gasteiger charge is 2.19. The van der Waals surface area contributed by atoms with Crippen molar-refractivity contribution in [3.8, 4) is 0 Å². The van der Waals surface area contributed by atoms with Crippen molar-refractivity contribution in [2.75, 3.05) is 13.2 Å². The zero-order valence-corrected chi connectivity index (χ0v) is 12.9. The molecule has 2 aromatic carbocycles. The summed E-state index contributed by atoms with van der Waals surface area (Å²) in [5.74, 6) is -0.727. The number of hydrogen-bond donors (Lipinski definition) is 2. The highest BCUT2D eigenvalue weighted by Crippen LogP contribution is 2.27. The Labute approximate surface area is 135 Å². The van der Waals surface area contributed by atoms with Gasteiger partial charge in [0.2, 0.25) is 6.29 Å². The Balaban J connectivity index is 2.33. The number of rotatable bonds is 7. The van der Waals surface area contributed by atoms with Gasteiger partial charge in [-0.3, -0.25) is 9.59 Å². The number of aliphatic hydroxyl groups excluding tert-OH is 2. The van der Waals surface area contributed by atoms with Crippen molar-refractivity contribution in [2.24, 2.45) is 0 Å². The van der Waals surface area contributed by atoms with Gasteiger partial charge >= 0.3 is 0 Å². The molecule has 0 saturated carbocycles. The Morgan fingerprint density at radius 3 is 1.74 bits per heavy atom. The quantitative estimate of drug-likeness (QED) is 0.819. The summed E-state index contributed by atoms with van der Waals surface area (Å²) in [6.07, 6.45) is 1.81. The molecule has 2 aromatic rings. The summed E-state index contributed by atoms with van der Waals surface area (Å²) in [5.41, 5.74) is 2.91. The SMILES string of the molecule is CC(=O)C(c1ccc([C]=O)cc1)c1ccc(C(CO)CO)cc1. The number of hydrogen-bond acceptors (Lipinski definition) is 4. The zero-order valence-electron chi connectivity index (χ0n) is 12.9.